The Labute approximate surface area is 211 Å². The molecule has 0 radical (unpaired) electrons. The molecule has 1 aromatic carbocycles. The highest BCUT2D eigenvalue weighted by atomic mass is 16.5. The Morgan fingerprint density at radius 2 is 2.00 bits per heavy atom. The molecule has 36 heavy (non-hydrogen) atoms. The zero-order valence-electron chi connectivity index (χ0n) is 20.8. The van der Waals surface area contributed by atoms with Gasteiger partial charge in [-0.25, -0.2) is 4.98 Å². The highest BCUT2D eigenvalue weighted by Gasteiger charge is 2.34. The van der Waals surface area contributed by atoms with E-state index in [2.05, 4.69) is 27.9 Å². The molecule has 0 aliphatic carbocycles. The molecular weight excluding hydrogens is 454 g/mol. The molecule has 0 spiro atoms. The number of benzene rings is 1. The molecule has 3 atom stereocenters. The molecule has 1 N–H and O–H groups in total. The second kappa shape index (κ2) is 11.3. The molecule has 1 aliphatic rings. The van der Waals surface area contributed by atoms with E-state index in [1.165, 1.54) is 0 Å². The van der Waals surface area contributed by atoms with Crippen molar-refractivity contribution in [3.05, 3.63) is 77.7 Å². The summed E-state index contributed by atoms with van der Waals surface area (Å²) in [6, 6.07) is 16.5. The van der Waals surface area contributed by atoms with Crippen LogP contribution in [0.4, 0.5) is 0 Å². The lowest BCUT2D eigenvalue weighted by molar-refractivity contribution is 0.0324. The van der Waals surface area contributed by atoms with Gasteiger partial charge in [0.25, 0.3) is 5.91 Å². The van der Waals surface area contributed by atoms with Crippen LogP contribution in [0.2, 0.25) is 0 Å². The number of rotatable bonds is 7. The molecular formula is C28H31N5O3. The Balaban J connectivity index is 1.66. The molecule has 1 amide bonds. The van der Waals surface area contributed by atoms with Crippen molar-refractivity contribution in [2.75, 3.05) is 26.7 Å². The molecule has 0 bridgehead atoms. The summed E-state index contributed by atoms with van der Waals surface area (Å²) in [7, 11) is 2.02. The van der Waals surface area contributed by atoms with Crippen molar-refractivity contribution < 1.29 is 14.6 Å². The Morgan fingerprint density at radius 1 is 1.22 bits per heavy atom. The van der Waals surface area contributed by atoms with Gasteiger partial charge >= 0.3 is 0 Å². The van der Waals surface area contributed by atoms with Crippen LogP contribution in [0.5, 0.6) is 5.88 Å². The van der Waals surface area contributed by atoms with Gasteiger partial charge in [-0.3, -0.25) is 14.7 Å². The van der Waals surface area contributed by atoms with Crippen LogP contribution in [0.3, 0.4) is 0 Å². The lowest BCUT2D eigenvalue weighted by atomic mass is 9.99. The van der Waals surface area contributed by atoms with Crippen molar-refractivity contribution in [1.82, 2.24) is 19.8 Å². The number of likely N-dealkylation sites (N-methyl/N-ethyl adjacent to an activating group) is 1. The largest absolute Gasteiger partial charge is 0.472 e. The summed E-state index contributed by atoms with van der Waals surface area (Å²) < 4.78 is 6.39. The second-order valence-electron chi connectivity index (χ2n) is 9.41. The third kappa shape index (κ3) is 5.70. The van der Waals surface area contributed by atoms with Crippen molar-refractivity contribution in [2.24, 2.45) is 5.92 Å². The molecule has 3 heterocycles. The summed E-state index contributed by atoms with van der Waals surface area (Å²) in [6.45, 7) is 5.49. The Morgan fingerprint density at radius 3 is 2.67 bits per heavy atom. The van der Waals surface area contributed by atoms with Crippen molar-refractivity contribution in [3.63, 3.8) is 0 Å². The molecule has 0 unspecified atom stereocenters. The Bertz CT molecular complexity index is 1230. The maximum absolute atomic E-state index is 13.6. The monoisotopic (exact) mass is 485 g/mol. The van der Waals surface area contributed by atoms with E-state index in [4.69, 9.17) is 10.00 Å². The third-order valence-corrected chi connectivity index (χ3v) is 6.52. The molecule has 3 aromatic rings. The summed E-state index contributed by atoms with van der Waals surface area (Å²) in [6.07, 6.45) is 3.24. The van der Waals surface area contributed by atoms with E-state index >= 15 is 0 Å². The van der Waals surface area contributed by atoms with Gasteiger partial charge in [-0.05, 0) is 49.9 Å². The van der Waals surface area contributed by atoms with Gasteiger partial charge in [0, 0.05) is 43.5 Å². The number of nitrogens with zero attached hydrogens (tertiary/aromatic N) is 5. The highest BCUT2D eigenvalue weighted by molar-refractivity contribution is 5.98. The van der Waals surface area contributed by atoms with E-state index in [9.17, 15) is 9.90 Å². The number of aromatic nitrogens is 2. The number of carbonyl (C=O) groups is 1. The second-order valence-corrected chi connectivity index (χ2v) is 9.41. The fraction of sp³-hybridized carbons (Fsp3) is 0.357. The minimum absolute atomic E-state index is 0.00212. The average molecular weight is 486 g/mol. The zero-order chi connectivity index (χ0) is 25.7. The molecule has 0 saturated carbocycles. The van der Waals surface area contributed by atoms with Crippen LogP contribution in [-0.4, -0.2) is 69.7 Å². The zero-order valence-corrected chi connectivity index (χ0v) is 20.8. The molecule has 2 aromatic heterocycles. The number of aliphatic hydroxyl groups is 1. The quantitative estimate of drug-likeness (QED) is 0.547. The van der Waals surface area contributed by atoms with Gasteiger partial charge in [0.15, 0.2) is 0 Å². The van der Waals surface area contributed by atoms with Gasteiger partial charge in [0.2, 0.25) is 5.88 Å². The van der Waals surface area contributed by atoms with Crippen LogP contribution in [0.25, 0.3) is 11.1 Å². The number of nitriles is 1. The standard InChI is InChI=1S/C28H31N5O3/c1-19-15-33(20(2)18-34)28(35)25-12-23(22-9-7-21(13-29)8-10-22)14-31-27(25)36-26(19)17-32(3)16-24-6-4-5-11-30-24/h4-12,14,19-20,26,34H,15-18H2,1-3H3/t19-,20+,26-/m0/s1. The minimum Gasteiger partial charge on any atom is -0.472 e. The van der Waals surface area contributed by atoms with Crippen LogP contribution < -0.4 is 4.74 Å². The molecule has 186 valence electrons. The molecule has 4 rings (SSSR count). The van der Waals surface area contributed by atoms with Gasteiger partial charge in [0.05, 0.1) is 30.0 Å². The third-order valence-electron chi connectivity index (χ3n) is 6.52. The van der Waals surface area contributed by atoms with Crippen LogP contribution in [0.15, 0.2) is 60.9 Å². The minimum atomic E-state index is -0.351. The first-order valence-electron chi connectivity index (χ1n) is 12.1. The van der Waals surface area contributed by atoms with E-state index in [1.807, 2.05) is 44.3 Å². The smallest absolute Gasteiger partial charge is 0.259 e. The van der Waals surface area contributed by atoms with Gasteiger partial charge in [-0.1, -0.05) is 25.1 Å². The average Bonchev–Trinajstić information content (AvgIpc) is 2.90. The van der Waals surface area contributed by atoms with Crippen molar-refractivity contribution in [1.29, 1.82) is 5.26 Å². The summed E-state index contributed by atoms with van der Waals surface area (Å²) >= 11 is 0. The normalized spacial score (nSPS) is 18.6. The van der Waals surface area contributed by atoms with E-state index in [-0.39, 0.29) is 36.5 Å². The lowest BCUT2D eigenvalue weighted by Crippen LogP contribution is -2.49. The van der Waals surface area contributed by atoms with Gasteiger partial charge in [-0.15, -0.1) is 0 Å². The van der Waals surface area contributed by atoms with Gasteiger partial charge in [-0.2, -0.15) is 5.26 Å². The fourth-order valence-electron chi connectivity index (χ4n) is 4.36. The van der Waals surface area contributed by atoms with Crippen LogP contribution >= 0.6 is 0 Å². The number of aliphatic hydroxyl groups excluding tert-OH is 1. The summed E-state index contributed by atoms with van der Waals surface area (Å²) in [4.78, 5) is 26.5. The van der Waals surface area contributed by atoms with E-state index in [1.54, 1.807) is 35.5 Å². The molecule has 0 saturated heterocycles. The Hall–Kier alpha value is -3.80. The van der Waals surface area contributed by atoms with Crippen molar-refractivity contribution >= 4 is 5.91 Å². The van der Waals surface area contributed by atoms with Crippen LogP contribution in [0.1, 0.15) is 35.5 Å². The van der Waals surface area contributed by atoms with Gasteiger partial charge < -0.3 is 14.7 Å². The predicted molar refractivity (Wildman–Crippen MR) is 136 cm³/mol. The predicted octanol–water partition coefficient (Wildman–Crippen LogP) is 3.37. The van der Waals surface area contributed by atoms with Crippen molar-refractivity contribution in [2.45, 2.75) is 32.5 Å². The summed E-state index contributed by atoms with van der Waals surface area (Å²) in [5, 5.41) is 19.0. The highest BCUT2D eigenvalue weighted by Crippen LogP contribution is 2.30. The number of hydrogen-bond acceptors (Lipinski definition) is 7. The molecule has 8 heteroatoms. The maximum Gasteiger partial charge on any atom is 0.259 e. The first kappa shape index (κ1) is 25.3. The molecule has 0 fully saturated rings. The van der Waals surface area contributed by atoms with E-state index in [0.29, 0.717) is 30.8 Å². The maximum atomic E-state index is 13.6. The van der Waals surface area contributed by atoms with Gasteiger partial charge in [0.1, 0.15) is 11.7 Å². The molecule has 8 nitrogen and oxygen atoms in total. The number of pyridine rings is 2. The number of hydrogen-bond donors (Lipinski definition) is 1. The van der Waals surface area contributed by atoms with E-state index < -0.39 is 0 Å². The number of fused-ring (bicyclic) bond motifs is 1. The summed E-state index contributed by atoms with van der Waals surface area (Å²) in [5.74, 6) is 0.0688. The molecule has 1 aliphatic heterocycles. The SMILES string of the molecule is C[C@H](CO)N1C[C@H](C)[C@H](CN(C)Cc2ccccn2)Oc2ncc(-c3ccc(C#N)cc3)cc2C1=O. The van der Waals surface area contributed by atoms with Crippen LogP contribution in [0, 0.1) is 17.2 Å². The number of amides is 1. The van der Waals surface area contributed by atoms with Crippen LogP contribution in [-0.2, 0) is 6.54 Å². The number of ether oxygens (including phenoxy) is 1. The fourth-order valence-corrected chi connectivity index (χ4v) is 4.36. The number of carbonyl (C=O) groups excluding carboxylic acids is 1. The Kier molecular flexibility index (Phi) is 7.93. The first-order valence-corrected chi connectivity index (χ1v) is 12.1. The topological polar surface area (TPSA) is 103 Å². The first-order chi connectivity index (χ1) is 17.4. The van der Waals surface area contributed by atoms with Crippen molar-refractivity contribution in [3.8, 4) is 23.1 Å². The van der Waals surface area contributed by atoms with E-state index in [0.717, 1.165) is 16.8 Å². The lowest BCUT2D eigenvalue weighted by Gasteiger charge is -2.37. The summed E-state index contributed by atoms with van der Waals surface area (Å²) in [5.41, 5.74) is 3.49.